The number of hydrogen-bond acceptors (Lipinski definition) is 5. The van der Waals surface area contributed by atoms with Crippen molar-refractivity contribution in [2.75, 3.05) is 35.7 Å². The Hall–Kier alpha value is -2.58. The third kappa shape index (κ3) is 4.28. The Morgan fingerprint density at radius 2 is 2.11 bits per heavy atom. The molecule has 1 saturated heterocycles. The van der Waals surface area contributed by atoms with Crippen molar-refractivity contribution in [3.63, 3.8) is 0 Å². The van der Waals surface area contributed by atoms with Gasteiger partial charge in [-0.2, -0.15) is 0 Å². The Balaban J connectivity index is 1.35. The number of thioether (sulfide) groups is 1. The lowest BCUT2D eigenvalue weighted by Gasteiger charge is -2.28. The van der Waals surface area contributed by atoms with E-state index in [1.807, 2.05) is 12.1 Å². The largest absolute Gasteiger partial charge is 0.376 e. The van der Waals surface area contributed by atoms with Gasteiger partial charge in [0.25, 0.3) is 5.91 Å². The molecule has 28 heavy (non-hydrogen) atoms. The number of anilines is 2. The zero-order valence-corrected chi connectivity index (χ0v) is 16.2. The van der Waals surface area contributed by atoms with Crippen molar-refractivity contribution in [2.24, 2.45) is 0 Å². The van der Waals surface area contributed by atoms with E-state index in [1.54, 1.807) is 47.1 Å². The van der Waals surface area contributed by atoms with E-state index in [0.717, 1.165) is 35.9 Å². The number of nitrogens with zero attached hydrogens (tertiary/aromatic N) is 2. The average molecular weight is 398 g/mol. The predicted molar refractivity (Wildman–Crippen MR) is 109 cm³/mol. The van der Waals surface area contributed by atoms with Crippen LogP contribution in [0.15, 0.2) is 47.6 Å². The smallest absolute Gasteiger partial charge is 0.326 e. The van der Waals surface area contributed by atoms with E-state index in [0.29, 0.717) is 24.3 Å². The molecule has 0 unspecified atom stereocenters. The van der Waals surface area contributed by atoms with Crippen molar-refractivity contribution >= 4 is 35.1 Å². The summed E-state index contributed by atoms with van der Waals surface area (Å²) < 4.78 is 5.51. The summed E-state index contributed by atoms with van der Waals surface area (Å²) in [5, 5.41) is 6.65. The summed E-state index contributed by atoms with van der Waals surface area (Å²) in [7, 11) is 0. The molecule has 1 aromatic heterocycles. The van der Waals surface area contributed by atoms with E-state index >= 15 is 0 Å². The zero-order chi connectivity index (χ0) is 19.3. The molecule has 3 amide bonds. The highest BCUT2D eigenvalue weighted by molar-refractivity contribution is 7.99. The van der Waals surface area contributed by atoms with Crippen molar-refractivity contribution < 1.29 is 14.3 Å². The summed E-state index contributed by atoms with van der Waals surface area (Å²) in [6.07, 6.45) is 3.88. The second-order valence-electron chi connectivity index (χ2n) is 6.68. The summed E-state index contributed by atoms with van der Waals surface area (Å²) in [6.45, 7) is 1.92. The molecule has 0 saturated carbocycles. The second kappa shape index (κ2) is 8.62. The lowest BCUT2D eigenvalue weighted by atomic mass is 10.2. The number of fused-ring (bicyclic) bond motifs is 1. The number of nitrogens with one attached hydrogen (secondary N) is 2. The minimum absolute atomic E-state index is 0.114. The Labute approximate surface area is 167 Å². The van der Waals surface area contributed by atoms with Gasteiger partial charge in [-0.15, -0.1) is 11.8 Å². The van der Waals surface area contributed by atoms with Crippen LogP contribution in [0.25, 0.3) is 0 Å². The monoisotopic (exact) mass is 398 g/mol. The van der Waals surface area contributed by atoms with Crippen LogP contribution in [0.2, 0.25) is 0 Å². The number of carbonyl (C=O) groups is 2. The fraction of sp³-hybridized carbons (Fsp3) is 0.350. The number of pyridine rings is 1. The van der Waals surface area contributed by atoms with Gasteiger partial charge in [-0.1, -0.05) is 0 Å². The van der Waals surface area contributed by atoms with Crippen LogP contribution in [0.5, 0.6) is 0 Å². The number of aromatic nitrogens is 1. The van der Waals surface area contributed by atoms with Crippen molar-refractivity contribution in [1.29, 1.82) is 0 Å². The van der Waals surface area contributed by atoms with Gasteiger partial charge in [-0.3, -0.25) is 9.69 Å². The van der Waals surface area contributed by atoms with Crippen LogP contribution in [-0.2, 0) is 4.74 Å². The minimum atomic E-state index is -0.204. The number of ether oxygens (including phenoxy) is 1. The van der Waals surface area contributed by atoms with Gasteiger partial charge in [0.1, 0.15) is 5.03 Å². The molecule has 3 heterocycles. The number of benzene rings is 1. The van der Waals surface area contributed by atoms with Crippen molar-refractivity contribution in [3.8, 4) is 0 Å². The van der Waals surface area contributed by atoms with Crippen LogP contribution in [-0.4, -0.2) is 48.5 Å². The maximum absolute atomic E-state index is 12.7. The van der Waals surface area contributed by atoms with Gasteiger partial charge in [-0.05, 0) is 49.2 Å². The number of amides is 3. The highest BCUT2D eigenvalue weighted by Crippen LogP contribution is 2.32. The number of carbonyl (C=O) groups excluding carboxylic acids is 2. The molecule has 0 radical (unpaired) electrons. The topological polar surface area (TPSA) is 83.6 Å². The van der Waals surface area contributed by atoms with E-state index in [1.165, 1.54) is 0 Å². The summed E-state index contributed by atoms with van der Waals surface area (Å²) in [5.74, 6) is 0.669. The minimum Gasteiger partial charge on any atom is -0.376 e. The van der Waals surface area contributed by atoms with Crippen molar-refractivity contribution in [3.05, 3.63) is 48.2 Å². The van der Waals surface area contributed by atoms with Crippen molar-refractivity contribution in [2.45, 2.75) is 24.0 Å². The molecule has 2 N–H and O–H groups in total. The first-order valence-electron chi connectivity index (χ1n) is 9.37. The van der Waals surface area contributed by atoms with Crippen LogP contribution in [0.4, 0.5) is 16.2 Å². The van der Waals surface area contributed by atoms with Gasteiger partial charge in [0, 0.05) is 42.9 Å². The van der Waals surface area contributed by atoms with Crippen LogP contribution in [0.3, 0.4) is 0 Å². The first-order valence-corrected chi connectivity index (χ1v) is 10.4. The maximum Gasteiger partial charge on any atom is 0.326 e. The molecule has 4 rings (SSSR count). The Morgan fingerprint density at radius 1 is 1.25 bits per heavy atom. The summed E-state index contributed by atoms with van der Waals surface area (Å²) in [5.41, 5.74) is 2.02. The van der Waals surface area contributed by atoms with Gasteiger partial charge in [-0.25, -0.2) is 9.78 Å². The number of rotatable bonds is 4. The van der Waals surface area contributed by atoms with Gasteiger partial charge < -0.3 is 15.4 Å². The molecular formula is C20H22N4O3S. The number of urea groups is 1. The third-order valence-corrected chi connectivity index (χ3v) is 5.73. The fourth-order valence-electron chi connectivity index (χ4n) is 3.27. The van der Waals surface area contributed by atoms with E-state index < -0.39 is 0 Å². The molecule has 1 atom stereocenters. The summed E-state index contributed by atoms with van der Waals surface area (Å²) in [6, 6.07) is 10.4. The highest BCUT2D eigenvalue weighted by atomic mass is 32.2. The molecule has 2 aliphatic heterocycles. The Bertz CT molecular complexity index is 853. The highest BCUT2D eigenvalue weighted by Gasteiger charge is 2.23. The van der Waals surface area contributed by atoms with Crippen molar-refractivity contribution in [1.82, 2.24) is 10.3 Å². The van der Waals surface area contributed by atoms with E-state index in [4.69, 9.17) is 4.74 Å². The van der Waals surface area contributed by atoms with Gasteiger partial charge in [0.2, 0.25) is 0 Å². The van der Waals surface area contributed by atoms with Crippen LogP contribution < -0.4 is 15.5 Å². The van der Waals surface area contributed by atoms with E-state index in [2.05, 4.69) is 15.6 Å². The maximum atomic E-state index is 12.7. The molecular weight excluding hydrogens is 376 g/mol. The molecule has 0 bridgehead atoms. The third-order valence-electron chi connectivity index (χ3n) is 4.75. The average Bonchev–Trinajstić information content (AvgIpc) is 3.26. The quantitative estimate of drug-likeness (QED) is 0.827. The van der Waals surface area contributed by atoms with Gasteiger partial charge in [0.15, 0.2) is 0 Å². The lowest BCUT2D eigenvalue weighted by molar-refractivity contribution is 0.0858. The van der Waals surface area contributed by atoms with E-state index in [-0.39, 0.29) is 18.0 Å². The van der Waals surface area contributed by atoms with Gasteiger partial charge >= 0.3 is 6.03 Å². The molecule has 1 fully saturated rings. The number of hydrogen-bond donors (Lipinski definition) is 2. The molecule has 0 spiro atoms. The molecule has 8 heteroatoms. The molecule has 2 aliphatic rings. The first-order chi connectivity index (χ1) is 13.7. The normalized spacial score (nSPS) is 18.4. The zero-order valence-electron chi connectivity index (χ0n) is 15.4. The summed E-state index contributed by atoms with van der Waals surface area (Å²) in [4.78, 5) is 31.0. The van der Waals surface area contributed by atoms with E-state index in [9.17, 15) is 9.59 Å². The van der Waals surface area contributed by atoms with Crippen LogP contribution >= 0.6 is 11.8 Å². The van der Waals surface area contributed by atoms with Crippen LogP contribution in [0, 0.1) is 0 Å². The predicted octanol–water partition coefficient (Wildman–Crippen LogP) is 3.13. The fourth-order valence-corrected chi connectivity index (χ4v) is 4.20. The first kappa shape index (κ1) is 18.8. The standard InChI is InChI=1S/C20H22N4O3S/c25-18(22-13-16-3-2-11-27-16)14-5-7-15(8-6-14)23-20(26)24-10-12-28-19-17(24)4-1-9-21-19/h1,4-9,16H,2-3,10-13H2,(H,22,25)(H,23,26)/t16-/m1/s1. The molecule has 2 aromatic rings. The summed E-state index contributed by atoms with van der Waals surface area (Å²) >= 11 is 1.65. The van der Waals surface area contributed by atoms with Crippen LogP contribution in [0.1, 0.15) is 23.2 Å². The molecule has 0 aliphatic carbocycles. The van der Waals surface area contributed by atoms with Gasteiger partial charge in [0.05, 0.1) is 11.8 Å². The second-order valence-corrected chi connectivity index (χ2v) is 7.76. The lowest BCUT2D eigenvalue weighted by Crippen LogP contribution is -2.38. The molecule has 1 aromatic carbocycles. The Morgan fingerprint density at radius 3 is 2.89 bits per heavy atom. The SMILES string of the molecule is O=C(NC[C@H]1CCCO1)c1ccc(NC(=O)N2CCSc3ncccc32)cc1. The Kier molecular flexibility index (Phi) is 5.78. The molecule has 7 nitrogen and oxygen atoms in total. The molecule has 146 valence electrons.